The van der Waals surface area contributed by atoms with Crippen LogP contribution in [-0.4, -0.2) is 51.2 Å². The Balaban J connectivity index is 1.97. The molecule has 3 rings (SSSR count). The highest BCUT2D eigenvalue weighted by atomic mass is 35.5. The monoisotopic (exact) mass is 353 g/mol. The third-order valence-corrected chi connectivity index (χ3v) is 4.52. The van der Waals surface area contributed by atoms with Gasteiger partial charge in [0.2, 0.25) is 11.7 Å². The number of benzene rings is 1. The number of hydrogen-bond donors (Lipinski definition) is 1. The van der Waals surface area contributed by atoms with Crippen LogP contribution in [0.2, 0.25) is 5.02 Å². The first-order chi connectivity index (χ1) is 11.6. The lowest BCUT2D eigenvalue weighted by atomic mass is 9.88. The standard InChI is InChI=1S/C16H20ClN3O4/c1-21-9-16(4-5-18-8-16)15-19-14(20-24-15)10-6-11(17)13(23-3)12(7-10)22-2/h6-7,18H,4-5,8-9H2,1-3H3. The molecule has 1 saturated heterocycles. The van der Waals surface area contributed by atoms with E-state index in [0.717, 1.165) is 19.5 Å². The second kappa shape index (κ2) is 6.96. The van der Waals surface area contributed by atoms with Crippen LogP contribution in [0.15, 0.2) is 16.7 Å². The van der Waals surface area contributed by atoms with Gasteiger partial charge in [0.1, 0.15) is 0 Å². The van der Waals surface area contributed by atoms with E-state index in [-0.39, 0.29) is 5.41 Å². The minimum absolute atomic E-state index is 0.291. The minimum Gasteiger partial charge on any atom is -0.493 e. The van der Waals surface area contributed by atoms with Crippen molar-refractivity contribution in [2.45, 2.75) is 11.8 Å². The number of aromatic nitrogens is 2. The lowest BCUT2D eigenvalue weighted by molar-refractivity contribution is 0.117. The Morgan fingerprint density at radius 3 is 2.75 bits per heavy atom. The summed E-state index contributed by atoms with van der Waals surface area (Å²) in [6, 6.07) is 3.50. The Bertz CT molecular complexity index is 713. The maximum Gasteiger partial charge on any atom is 0.236 e. The van der Waals surface area contributed by atoms with Crippen LogP contribution in [0.4, 0.5) is 0 Å². The van der Waals surface area contributed by atoms with Gasteiger partial charge in [0.15, 0.2) is 11.5 Å². The van der Waals surface area contributed by atoms with Crippen molar-refractivity contribution in [3.8, 4) is 22.9 Å². The molecule has 0 radical (unpaired) electrons. The van der Waals surface area contributed by atoms with Crippen molar-refractivity contribution in [3.05, 3.63) is 23.0 Å². The molecule has 1 aromatic heterocycles. The van der Waals surface area contributed by atoms with Crippen molar-refractivity contribution in [1.82, 2.24) is 15.5 Å². The average molecular weight is 354 g/mol. The van der Waals surface area contributed by atoms with Crippen LogP contribution in [-0.2, 0) is 10.2 Å². The Labute approximate surface area is 145 Å². The van der Waals surface area contributed by atoms with E-state index in [2.05, 4.69) is 15.5 Å². The summed E-state index contributed by atoms with van der Waals surface area (Å²) in [6.45, 7) is 2.16. The van der Waals surface area contributed by atoms with E-state index in [1.54, 1.807) is 26.4 Å². The van der Waals surface area contributed by atoms with E-state index >= 15 is 0 Å². The molecular formula is C16H20ClN3O4. The summed E-state index contributed by atoms with van der Waals surface area (Å²) in [7, 11) is 4.76. The van der Waals surface area contributed by atoms with E-state index in [4.69, 9.17) is 30.3 Å². The fourth-order valence-corrected chi connectivity index (χ4v) is 3.28. The second-order valence-electron chi connectivity index (χ2n) is 5.76. The van der Waals surface area contributed by atoms with Crippen molar-refractivity contribution < 1.29 is 18.7 Å². The molecule has 1 atom stereocenters. The summed E-state index contributed by atoms with van der Waals surface area (Å²) in [4.78, 5) is 4.57. The summed E-state index contributed by atoms with van der Waals surface area (Å²) in [6.07, 6.45) is 0.884. The fraction of sp³-hybridized carbons (Fsp3) is 0.500. The maximum absolute atomic E-state index is 6.25. The van der Waals surface area contributed by atoms with Crippen molar-refractivity contribution in [2.75, 3.05) is 41.0 Å². The van der Waals surface area contributed by atoms with E-state index in [1.807, 2.05) is 0 Å². The quantitative estimate of drug-likeness (QED) is 0.853. The molecule has 1 N–H and O–H groups in total. The molecule has 8 heteroatoms. The molecular weight excluding hydrogens is 334 g/mol. The number of rotatable bonds is 6. The largest absolute Gasteiger partial charge is 0.493 e. The molecule has 2 heterocycles. The molecule has 0 saturated carbocycles. The van der Waals surface area contributed by atoms with Crippen LogP contribution in [0.25, 0.3) is 11.4 Å². The Kier molecular flexibility index (Phi) is 4.93. The zero-order valence-electron chi connectivity index (χ0n) is 13.9. The maximum atomic E-state index is 6.25. The topological polar surface area (TPSA) is 78.6 Å². The molecule has 1 unspecified atom stereocenters. The molecule has 1 aromatic carbocycles. The predicted molar refractivity (Wildman–Crippen MR) is 88.9 cm³/mol. The summed E-state index contributed by atoms with van der Waals surface area (Å²) in [5.41, 5.74) is 0.409. The van der Waals surface area contributed by atoms with Gasteiger partial charge in [-0.1, -0.05) is 16.8 Å². The van der Waals surface area contributed by atoms with E-state index in [0.29, 0.717) is 40.4 Å². The molecule has 130 valence electrons. The first kappa shape index (κ1) is 17.0. The highest BCUT2D eigenvalue weighted by molar-refractivity contribution is 6.32. The Morgan fingerprint density at radius 1 is 1.29 bits per heavy atom. The smallest absolute Gasteiger partial charge is 0.236 e. The van der Waals surface area contributed by atoms with Gasteiger partial charge in [-0.2, -0.15) is 4.98 Å². The molecule has 0 bridgehead atoms. The van der Waals surface area contributed by atoms with Gasteiger partial charge in [-0.25, -0.2) is 0 Å². The van der Waals surface area contributed by atoms with E-state index in [1.165, 1.54) is 7.11 Å². The van der Waals surface area contributed by atoms with Crippen LogP contribution in [0.1, 0.15) is 12.3 Å². The van der Waals surface area contributed by atoms with Gasteiger partial charge in [0.05, 0.1) is 31.3 Å². The summed E-state index contributed by atoms with van der Waals surface area (Å²) in [5, 5.41) is 7.85. The number of hydrogen-bond acceptors (Lipinski definition) is 7. The number of ether oxygens (including phenoxy) is 3. The second-order valence-corrected chi connectivity index (χ2v) is 6.16. The molecule has 0 spiro atoms. The lowest BCUT2D eigenvalue weighted by Gasteiger charge is -2.22. The molecule has 2 aromatic rings. The van der Waals surface area contributed by atoms with Gasteiger partial charge in [0, 0.05) is 19.2 Å². The van der Waals surface area contributed by atoms with Crippen LogP contribution in [0, 0.1) is 0 Å². The van der Waals surface area contributed by atoms with Crippen LogP contribution < -0.4 is 14.8 Å². The highest BCUT2D eigenvalue weighted by Crippen LogP contribution is 2.39. The fourth-order valence-electron chi connectivity index (χ4n) is 2.99. The van der Waals surface area contributed by atoms with Crippen molar-refractivity contribution >= 4 is 11.6 Å². The number of methoxy groups -OCH3 is 3. The first-order valence-corrected chi connectivity index (χ1v) is 7.97. The minimum atomic E-state index is -0.291. The van der Waals surface area contributed by atoms with Gasteiger partial charge < -0.3 is 24.1 Å². The zero-order valence-corrected chi connectivity index (χ0v) is 14.6. The van der Waals surface area contributed by atoms with Gasteiger partial charge in [-0.3, -0.25) is 0 Å². The van der Waals surface area contributed by atoms with E-state index in [9.17, 15) is 0 Å². The first-order valence-electron chi connectivity index (χ1n) is 7.59. The van der Waals surface area contributed by atoms with Gasteiger partial charge >= 0.3 is 0 Å². The van der Waals surface area contributed by atoms with E-state index < -0.39 is 0 Å². The van der Waals surface area contributed by atoms with Crippen LogP contribution >= 0.6 is 11.6 Å². The predicted octanol–water partition coefficient (Wildman–Crippen LogP) is 2.28. The third kappa shape index (κ3) is 2.94. The average Bonchev–Trinajstić information content (AvgIpc) is 3.24. The highest BCUT2D eigenvalue weighted by Gasteiger charge is 2.41. The van der Waals surface area contributed by atoms with Crippen molar-refractivity contribution in [1.29, 1.82) is 0 Å². The number of nitrogens with one attached hydrogen (secondary N) is 1. The zero-order chi connectivity index (χ0) is 17.2. The number of nitrogens with zero attached hydrogens (tertiary/aromatic N) is 2. The lowest BCUT2D eigenvalue weighted by Crippen LogP contribution is -2.34. The molecule has 1 aliphatic heterocycles. The molecule has 24 heavy (non-hydrogen) atoms. The number of halogens is 1. The van der Waals surface area contributed by atoms with Crippen LogP contribution in [0.3, 0.4) is 0 Å². The summed E-state index contributed by atoms with van der Waals surface area (Å²) < 4.78 is 21.5. The molecule has 1 fully saturated rings. The normalized spacial score (nSPS) is 20.3. The third-order valence-electron chi connectivity index (χ3n) is 4.24. The Hall–Kier alpha value is -1.83. The van der Waals surface area contributed by atoms with Crippen LogP contribution in [0.5, 0.6) is 11.5 Å². The van der Waals surface area contributed by atoms with Gasteiger partial charge in [0.25, 0.3) is 0 Å². The molecule has 0 amide bonds. The molecule has 1 aliphatic rings. The van der Waals surface area contributed by atoms with Crippen molar-refractivity contribution in [2.24, 2.45) is 0 Å². The molecule has 0 aliphatic carbocycles. The Morgan fingerprint density at radius 2 is 2.12 bits per heavy atom. The molecule has 7 nitrogen and oxygen atoms in total. The summed E-state index contributed by atoms with van der Waals surface area (Å²) in [5.74, 6) is 2.01. The summed E-state index contributed by atoms with van der Waals surface area (Å²) >= 11 is 6.25. The van der Waals surface area contributed by atoms with Crippen molar-refractivity contribution in [3.63, 3.8) is 0 Å². The SMILES string of the molecule is COCC1(c2nc(-c3cc(Cl)c(OC)c(OC)c3)no2)CCNC1. The van der Waals surface area contributed by atoms with Gasteiger partial charge in [-0.05, 0) is 25.1 Å². The van der Waals surface area contributed by atoms with Gasteiger partial charge in [-0.15, -0.1) is 0 Å².